The Kier molecular flexibility index (Phi) is 5.78. The maximum Gasteiger partial charge on any atom is 0.242 e. The lowest BCUT2D eigenvalue weighted by atomic mass is 10.1. The van der Waals surface area contributed by atoms with Crippen LogP contribution in [-0.4, -0.2) is 20.1 Å². The van der Waals surface area contributed by atoms with Crippen molar-refractivity contribution in [3.8, 4) is 0 Å². The minimum Gasteiger partial charge on any atom is -0.391 e. The second-order valence-corrected chi connectivity index (χ2v) is 7.43. The molecule has 18 heavy (non-hydrogen) atoms. The molecule has 0 aliphatic heterocycles. The first kappa shape index (κ1) is 15.6. The number of thiophene rings is 1. The number of rotatable bonds is 7. The lowest BCUT2D eigenvalue weighted by Gasteiger charge is -2.09. The fraction of sp³-hybridized carbons (Fsp3) is 0.667. The molecule has 1 heterocycles. The van der Waals surface area contributed by atoms with Gasteiger partial charge in [-0.15, -0.1) is 11.3 Å². The highest BCUT2D eigenvalue weighted by molar-refractivity contribution is 7.89. The van der Waals surface area contributed by atoms with Crippen molar-refractivity contribution in [2.45, 2.75) is 45.1 Å². The first-order valence-electron chi connectivity index (χ1n) is 6.06. The average Bonchev–Trinajstić information content (AvgIpc) is 2.66. The summed E-state index contributed by atoms with van der Waals surface area (Å²) in [4.78, 5) is 0.753. The van der Waals surface area contributed by atoms with Gasteiger partial charge in [-0.2, -0.15) is 0 Å². The van der Waals surface area contributed by atoms with Gasteiger partial charge in [0, 0.05) is 6.54 Å². The fourth-order valence-electron chi connectivity index (χ4n) is 1.75. The number of sulfonamides is 1. The Labute approximate surface area is 113 Å². The Morgan fingerprint density at radius 1 is 1.44 bits per heavy atom. The van der Waals surface area contributed by atoms with Gasteiger partial charge in [0.15, 0.2) is 0 Å². The van der Waals surface area contributed by atoms with E-state index in [-0.39, 0.29) is 11.5 Å². The van der Waals surface area contributed by atoms with Crippen LogP contribution >= 0.6 is 11.3 Å². The molecular weight excluding hydrogens is 270 g/mol. The largest absolute Gasteiger partial charge is 0.391 e. The summed E-state index contributed by atoms with van der Waals surface area (Å²) in [7, 11) is -3.49. The zero-order valence-electron chi connectivity index (χ0n) is 11.1. The highest BCUT2D eigenvalue weighted by atomic mass is 32.2. The Morgan fingerprint density at radius 2 is 2.11 bits per heavy atom. The first-order valence-corrected chi connectivity index (χ1v) is 8.42. The smallest absolute Gasteiger partial charge is 0.242 e. The predicted octanol–water partition coefficient (Wildman–Crippen LogP) is 2.26. The molecule has 1 aromatic rings. The molecule has 0 aromatic carbocycles. The summed E-state index contributed by atoms with van der Waals surface area (Å²) in [5.41, 5.74) is 0.695. The third kappa shape index (κ3) is 4.05. The van der Waals surface area contributed by atoms with E-state index in [1.807, 2.05) is 0 Å². The van der Waals surface area contributed by atoms with Gasteiger partial charge in [0.05, 0.1) is 11.5 Å². The standard InChI is InChI=1S/C12H21NO3S2/c1-9(2)5-4-6-13-18(15,16)12-10(3)8-17-11(12)7-14/h8-9,13-14H,4-7H2,1-3H3. The molecule has 0 radical (unpaired) electrons. The first-order chi connectivity index (χ1) is 8.38. The van der Waals surface area contributed by atoms with E-state index in [9.17, 15) is 8.42 Å². The van der Waals surface area contributed by atoms with Crippen molar-refractivity contribution in [3.63, 3.8) is 0 Å². The van der Waals surface area contributed by atoms with Gasteiger partial charge in [0.1, 0.15) is 4.90 Å². The normalized spacial score (nSPS) is 12.3. The van der Waals surface area contributed by atoms with Crippen LogP contribution in [0.15, 0.2) is 10.3 Å². The van der Waals surface area contributed by atoms with Crippen LogP contribution in [0.4, 0.5) is 0 Å². The minimum atomic E-state index is -3.49. The molecule has 0 saturated heterocycles. The molecule has 0 aliphatic rings. The van der Waals surface area contributed by atoms with Crippen LogP contribution in [0.3, 0.4) is 0 Å². The molecular formula is C12H21NO3S2. The molecule has 0 atom stereocenters. The maximum absolute atomic E-state index is 12.1. The predicted molar refractivity (Wildman–Crippen MR) is 74.2 cm³/mol. The SMILES string of the molecule is Cc1csc(CO)c1S(=O)(=O)NCCCC(C)C. The second-order valence-electron chi connectivity index (χ2n) is 4.76. The van der Waals surface area contributed by atoms with Gasteiger partial charge in [-0.3, -0.25) is 0 Å². The van der Waals surface area contributed by atoms with Gasteiger partial charge in [0.25, 0.3) is 0 Å². The quantitative estimate of drug-likeness (QED) is 0.757. The van der Waals surface area contributed by atoms with Gasteiger partial charge in [-0.25, -0.2) is 13.1 Å². The summed E-state index contributed by atoms with van der Waals surface area (Å²) in [6, 6.07) is 0. The zero-order chi connectivity index (χ0) is 13.8. The van der Waals surface area contributed by atoms with Gasteiger partial charge < -0.3 is 5.11 Å². The number of aliphatic hydroxyl groups is 1. The van der Waals surface area contributed by atoms with E-state index in [4.69, 9.17) is 5.11 Å². The third-order valence-corrected chi connectivity index (χ3v) is 5.56. The van der Waals surface area contributed by atoms with Crippen LogP contribution in [0.5, 0.6) is 0 Å². The molecule has 0 fully saturated rings. The molecule has 0 unspecified atom stereocenters. The van der Waals surface area contributed by atoms with Crippen molar-refractivity contribution >= 4 is 21.4 Å². The number of nitrogens with one attached hydrogen (secondary N) is 1. The lowest BCUT2D eigenvalue weighted by Crippen LogP contribution is -2.26. The van der Waals surface area contributed by atoms with Gasteiger partial charge >= 0.3 is 0 Å². The minimum absolute atomic E-state index is 0.235. The molecule has 6 heteroatoms. The summed E-state index contributed by atoms with van der Waals surface area (Å²) in [5.74, 6) is 0.574. The summed E-state index contributed by atoms with van der Waals surface area (Å²) in [6.07, 6.45) is 1.83. The molecule has 1 aromatic heterocycles. The van der Waals surface area contributed by atoms with Crippen LogP contribution in [0.25, 0.3) is 0 Å². The third-order valence-electron chi connectivity index (χ3n) is 2.65. The molecule has 0 spiro atoms. The number of hydrogen-bond acceptors (Lipinski definition) is 4. The monoisotopic (exact) mass is 291 g/mol. The van der Waals surface area contributed by atoms with E-state index in [0.29, 0.717) is 22.9 Å². The maximum atomic E-state index is 12.1. The van der Waals surface area contributed by atoms with Crippen molar-refractivity contribution in [1.29, 1.82) is 0 Å². The van der Waals surface area contributed by atoms with Crippen molar-refractivity contribution < 1.29 is 13.5 Å². The van der Waals surface area contributed by atoms with E-state index in [2.05, 4.69) is 18.6 Å². The van der Waals surface area contributed by atoms with Crippen molar-refractivity contribution in [2.75, 3.05) is 6.54 Å². The van der Waals surface area contributed by atoms with E-state index in [1.54, 1.807) is 12.3 Å². The molecule has 4 nitrogen and oxygen atoms in total. The number of aryl methyl sites for hydroxylation is 1. The molecule has 0 aliphatic carbocycles. The van der Waals surface area contributed by atoms with E-state index >= 15 is 0 Å². The Hall–Kier alpha value is -0.430. The van der Waals surface area contributed by atoms with Crippen LogP contribution in [0.2, 0.25) is 0 Å². The Bertz CT molecular complexity index is 478. The molecule has 104 valence electrons. The molecule has 0 bridgehead atoms. The summed E-state index contributed by atoms with van der Waals surface area (Å²) >= 11 is 1.28. The summed E-state index contributed by atoms with van der Waals surface area (Å²) < 4.78 is 26.8. The second kappa shape index (κ2) is 6.65. The molecule has 0 saturated carbocycles. The Balaban J connectivity index is 2.71. The molecule has 2 N–H and O–H groups in total. The van der Waals surface area contributed by atoms with Crippen molar-refractivity contribution in [3.05, 3.63) is 15.8 Å². The fourth-order valence-corrected chi connectivity index (χ4v) is 4.48. The van der Waals surface area contributed by atoms with E-state index in [1.165, 1.54) is 11.3 Å². The highest BCUT2D eigenvalue weighted by Gasteiger charge is 2.21. The average molecular weight is 291 g/mol. The molecule has 0 amide bonds. The van der Waals surface area contributed by atoms with Crippen LogP contribution < -0.4 is 4.72 Å². The van der Waals surface area contributed by atoms with Crippen LogP contribution in [0.1, 0.15) is 37.1 Å². The summed E-state index contributed by atoms with van der Waals surface area (Å²) in [6.45, 7) is 6.18. The highest BCUT2D eigenvalue weighted by Crippen LogP contribution is 2.26. The van der Waals surface area contributed by atoms with Crippen LogP contribution in [-0.2, 0) is 16.6 Å². The van der Waals surface area contributed by atoms with E-state index < -0.39 is 10.0 Å². The van der Waals surface area contributed by atoms with Gasteiger partial charge in [-0.05, 0) is 36.6 Å². The zero-order valence-corrected chi connectivity index (χ0v) is 12.7. The lowest BCUT2D eigenvalue weighted by molar-refractivity contribution is 0.282. The van der Waals surface area contributed by atoms with Gasteiger partial charge in [0.2, 0.25) is 10.0 Å². The number of aliphatic hydroxyl groups excluding tert-OH is 1. The van der Waals surface area contributed by atoms with Gasteiger partial charge in [-0.1, -0.05) is 13.8 Å². The Morgan fingerprint density at radius 3 is 2.67 bits per heavy atom. The van der Waals surface area contributed by atoms with E-state index in [0.717, 1.165) is 12.8 Å². The van der Waals surface area contributed by atoms with Crippen molar-refractivity contribution in [2.24, 2.45) is 5.92 Å². The van der Waals surface area contributed by atoms with Crippen molar-refractivity contribution in [1.82, 2.24) is 4.72 Å². The molecule has 1 rings (SSSR count). The number of hydrogen-bond donors (Lipinski definition) is 2. The topological polar surface area (TPSA) is 66.4 Å². The van der Waals surface area contributed by atoms with Crippen LogP contribution in [0, 0.1) is 12.8 Å². The summed E-state index contributed by atoms with van der Waals surface area (Å²) in [5, 5.41) is 10.9.